The van der Waals surface area contributed by atoms with E-state index in [1.807, 2.05) is 0 Å². The number of rotatable bonds is 0. The molecule has 0 spiro atoms. The van der Waals surface area contributed by atoms with E-state index in [9.17, 15) is 0 Å². The minimum atomic E-state index is 0.0743. The summed E-state index contributed by atoms with van der Waals surface area (Å²) in [5.41, 5.74) is 2.90. The molecule has 0 aliphatic heterocycles. The number of hydrogen-bond acceptors (Lipinski definition) is 0. The summed E-state index contributed by atoms with van der Waals surface area (Å²) >= 11 is 0. The lowest BCUT2D eigenvalue weighted by Gasteiger charge is -2.24. The van der Waals surface area contributed by atoms with Crippen molar-refractivity contribution in [2.75, 3.05) is 0 Å². The van der Waals surface area contributed by atoms with Gasteiger partial charge in [0.1, 0.15) is 0 Å². The van der Waals surface area contributed by atoms with Gasteiger partial charge in [0.2, 0.25) is 0 Å². The molecular weight excluding hydrogens is 456 g/mol. The quantitative estimate of drug-likeness (QED) is 0.146. The lowest BCUT2D eigenvalue weighted by molar-refractivity contribution is 0.591. The number of hydrogen-bond donors (Lipinski definition) is 0. The van der Waals surface area contributed by atoms with Gasteiger partial charge in [-0.25, -0.2) is 0 Å². The molecule has 0 unspecified atom stereocenters. The first-order chi connectivity index (χ1) is 18.1. The molecule has 186 valence electrons. The summed E-state index contributed by atoms with van der Waals surface area (Å²) in [5.74, 6) is 0. The Labute approximate surface area is 224 Å². The van der Waals surface area contributed by atoms with Crippen molar-refractivity contribution in [3.8, 4) is 0 Å². The average Bonchev–Trinajstić information content (AvgIpc) is 2.90. The summed E-state index contributed by atoms with van der Waals surface area (Å²) in [6, 6.07) is 37.0. The molecule has 0 nitrogen and oxygen atoms in total. The van der Waals surface area contributed by atoms with Crippen LogP contribution in [0.2, 0.25) is 0 Å². The first-order valence-corrected chi connectivity index (χ1v) is 13.8. The van der Waals surface area contributed by atoms with E-state index >= 15 is 0 Å². The molecule has 0 heteroatoms. The smallest absolute Gasteiger partial charge is 0.00136 e. The molecule has 0 atom stereocenters. The van der Waals surface area contributed by atoms with Crippen molar-refractivity contribution in [2.24, 2.45) is 0 Å². The molecule has 0 bridgehead atoms. The fraction of sp³-hybridized carbons (Fsp3) is 0.211. The molecule has 0 aliphatic carbocycles. The van der Waals surface area contributed by atoms with Crippen LogP contribution in [0.5, 0.6) is 0 Å². The van der Waals surface area contributed by atoms with Crippen LogP contribution in [0.15, 0.2) is 97.1 Å². The second kappa shape index (κ2) is 7.81. The fourth-order valence-electron chi connectivity index (χ4n) is 6.34. The van der Waals surface area contributed by atoms with Crippen molar-refractivity contribution in [1.29, 1.82) is 0 Å². The summed E-state index contributed by atoms with van der Waals surface area (Å²) in [7, 11) is 0. The minimum absolute atomic E-state index is 0.0743. The maximum absolute atomic E-state index is 2.47. The first-order valence-electron chi connectivity index (χ1n) is 13.8. The van der Waals surface area contributed by atoms with Crippen molar-refractivity contribution in [2.45, 2.75) is 52.4 Å². The molecule has 0 N–H and O–H groups in total. The lowest BCUT2D eigenvalue weighted by atomic mass is 9.80. The summed E-state index contributed by atoms with van der Waals surface area (Å²) < 4.78 is 0. The number of fused-ring (bicyclic) bond motifs is 12. The SMILES string of the molecule is CC(C)(C)c1ccc2c3ccc(C(C)(C)C)cc3c3c4cc5ccccc5cc4c4ccccc4c3c2c1. The van der Waals surface area contributed by atoms with Crippen LogP contribution in [0.25, 0.3) is 64.6 Å². The van der Waals surface area contributed by atoms with E-state index in [2.05, 4.69) is 139 Å². The van der Waals surface area contributed by atoms with Crippen molar-refractivity contribution in [1.82, 2.24) is 0 Å². The predicted octanol–water partition coefficient (Wildman–Crippen LogP) is 11.2. The largest absolute Gasteiger partial charge is 0.0616 e. The van der Waals surface area contributed by atoms with Gasteiger partial charge >= 0.3 is 0 Å². The van der Waals surface area contributed by atoms with Crippen LogP contribution in [0.1, 0.15) is 52.7 Å². The molecule has 7 rings (SSSR count). The molecule has 0 radical (unpaired) electrons. The third kappa shape index (κ3) is 3.36. The van der Waals surface area contributed by atoms with Crippen LogP contribution >= 0.6 is 0 Å². The highest BCUT2D eigenvalue weighted by molar-refractivity contribution is 6.40. The van der Waals surface area contributed by atoms with E-state index in [-0.39, 0.29) is 10.8 Å². The van der Waals surface area contributed by atoms with Gasteiger partial charge in [0, 0.05) is 0 Å². The third-order valence-corrected chi connectivity index (χ3v) is 8.49. The molecule has 0 heterocycles. The highest BCUT2D eigenvalue weighted by Gasteiger charge is 2.21. The Kier molecular flexibility index (Phi) is 4.77. The van der Waals surface area contributed by atoms with Gasteiger partial charge in [-0.2, -0.15) is 0 Å². The molecule has 7 aromatic rings. The van der Waals surface area contributed by atoms with Gasteiger partial charge < -0.3 is 0 Å². The van der Waals surface area contributed by atoms with Crippen molar-refractivity contribution in [3.05, 3.63) is 108 Å². The maximum Gasteiger partial charge on any atom is -0.00136 e. The molecule has 7 aromatic carbocycles. The molecule has 0 aromatic heterocycles. The molecule has 38 heavy (non-hydrogen) atoms. The molecule has 0 saturated heterocycles. The van der Waals surface area contributed by atoms with Crippen LogP contribution in [-0.2, 0) is 10.8 Å². The normalized spacial score (nSPS) is 13.0. The Hall–Kier alpha value is -3.90. The zero-order valence-corrected chi connectivity index (χ0v) is 23.2. The van der Waals surface area contributed by atoms with E-state index in [4.69, 9.17) is 0 Å². The van der Waals surface area contributed by atoms with E-state index in [1.165, 1.54) is 75.8 Å². The predicted molar refractivity (Wildman–Crippen MR) is 169 cm³/mol. The van der Waals surface area contributed by atoms with Gasteiger partial charge in [0.05, 0.1) is 0 Å². The molecule has 0 aliphatic rings. The Morgan fingerprint density at radius 3 is 1.26 bits per heavy atom. The summed E-state index contributed by atoms with van der Waals surface area (Å²) in [6.07, 6.45) is 0. The summed E-state index contributed by atoms with van der Waals surface area (Å²) in [5, 5.41) is 16.1. The molecule has 0 fully saturated rings. The van der Waals surface area contributed by atoms with Crippen LogP contribution < -0.4 is 0 Å². The Morgan fingerprint density at radius 2 is 0.737 bits per heavy atom. The van der Waals surface area contributed by atoms with Gasteiger partial charge in [-0.1, -0.05) is 114 Å². The molecular formula is C38H34. The highest BCUT2D eigenvalue weighted by atomic mass is 14.2. The fourth-order valence-corrected chi connectivity index (χ4v) is 6.34. The first kappa shape index (κ1) is 23.2. The Morgan fingerprint density at radius 1 is 0.342 bits per heavy atom. The minimum Gasteiger partial charge on any atom is -0.0616 e. The summed E-state index contributed by atoms with van der Waals surface area (Å²) in [4.78, 5) is 0. The average molecular weight is 491 g/mol. The van der Waals surface area contributed by atoms with Gasteiger partial charge in [0.15, 0.2) is 0 Å². The monoisotopic (exact) mass is 490 g/mol. The van der Waals surface area contributed by atoms with E-state index in [0.717, 1.165) is 0 Å². The van der Waals surface area contributed by atoms with Gasteiger partial charge in [-0.3, -0.25) is 0 Å². The van der Waals surface area contributed by atoms with Crippen LogP contribution in [0, 0.1) is 0 Å². The van der Waals surface area contributed by atoms with E-state index in [1.54, 1.807) is 0 Å². The van der Waals surface area contributed by atoms with Crippen LogP contribution in [0.4, 0.5) is 0 Å². The van der Waals surface area contributed by atoms with Crippen molar-refractivity contribution < 1.29 is 0 Å². The van der Waals surface area contributed by atoms with Gasteiger partial charge in [0.25, 0.3) is 0 Å². The maximum atomic E-state index is 2.47. The van der Waals surface area contributed by atoms with Crippen molar-refractivity contribution >= 4 is 64.6 Å². The van der Waals surface area contributed by atoms with Gasteiger partial charge in [-0.05, 0) is 111 Å². The molecule has 0 amide bonds. The van der Waals surface area contributed by atoms with Crippen LogP contribution in [0.3, 0.4) is 0 Å². The zero-order valence-electron chi connectivity index (χ0n) is 23.2. The van der Waals surface area contributed by atoms with E-state index < -0.39 is 0 Å². The molecule has 0 saturated carbocycles. The highest BCUT2D eigenvalue weighted by Crippen LogP contribution is 2.46. The topological polar surface area (TPSA) is 0 Å². The number of benzene rings is 7. The second-order valence-electron chi connectivity index (χ2n) is 13.1. The van der Waals surface area contributed by atoms with Crippen molar-refractivity contribution in [3.63, 3.8) is 0 Å². The third-order valence-electron chi connectivity index (χ3n) is 8.49. The van der Waals surface area contributed by atoms with Crippen LogP contribution in [-0.4, -0.2) is 0 Å². The Balaban J connectivity index is 1.85. The Bertz CT molecular complexity index is 2080. The van der Waals surface area contributed by atoms with Gasteiger partial charge in [-0.15, -0.1) is 0 Å². The zero-order chi connectivity index (χ0) is 26.4. The standard InChI is InChI=1S/C38H34/c1-37(2,3)25-15-17-28-29-18-16-26(38(4,5)6)22-34(29)36-32-20-24-12-8-7-11-23(24)19-31(32)27-13-9-10-14-30(27)35(36)33(28)21-25/h7-22H,1-6H3. The second-order valence-corrected chi connectivity index (χ2v) is 13.1. The summed E-state index contributed by atoms with van der Waals surface area (Å²) in [6.45, 7) is 13.9. The van der Waals surface area contributed by atoms with E-state index in [0.29, 0.717) is 0 Å². The lowest BCUT2D eigenvalue weighted by Crippen LogP contribution is -2.11.